The summed E-state index contributed by atoms with van der Waals surface area (Å²) in [6, 6.07) is 7.49. The van der Waals surface area contributed by atoms with E-state index in [0.29, 0.717) is 12.1 Å². The molecule has 0 fully saturated rings. The molecule has 108 valence electrons. The van der Waals surface area contributed by atoms with Crippen molar-refractivity contribution in [1.29, 1.82) is 0 Å². The average Bonchev–Trinajstić information content (AvgIpc) is 3.15. The van der Waals surface area contributed by atoms with Gasteiger partial charge in [0, 0.05) is 23.2 Å². The van der Waals surface area contributed by atoms with E-state index in [4.69, 9.17) is 0 Å². The molecule has 2 nitrogen and oxygen atoms in total. The fraction of sp³-hybridized carbons (Fsp3) is 0.353. The molecule has 2 atom stereocenters. The first-order chi connectivity index (χ1) is 10.3. The lowest BCUT2D eigenvalue weighted by atomic mass is 9.93. The lowest BCUT2D eigenvalue weighted by molar-refractivity contribution is 0.418. The van der Waals surface area contributed by atoms with Crippen LogP contribution in [0.4, 0.5) is 0 Å². The maximum absolute atomic E-state index is 4.56. The maximum Gasteiger partial charge on any atom is 0.0809 e. The van der Waals surface area contributed by atoms with Gasteiger partial charge < -0.3 is 5.32 Å². The number of aromatic nitrogens is 1. The van der Waals surface area contributed by atoms with Crippen molar-refractivity contribution in [2.24, 2.45) is 0 Å². The summed E-state index contributed by atoms with van der Waals surface area (Å²) in [5.41, 5.74) is 3.91. The van der Waals surface area contributed by atoms with Gasteiger partial charge in [-0.1, -0.05) is 0 Å². The standard InChI is InChI=1S/C17H18N2S2/c1-11(12-9-17-15(18-10-12)6-8-21-17)19-14-3-2-4-16-13(14)5-7-20-16/h5-11,14,19H,2-4H2,1H3. The third-order valence-corrected chi connectivity index (χ3v) is 6.18. The Labute approximate surface area is 132 Å². The SMILES string of the molecule is CC(NC1CCCc2sccc21)c1cnc2ccsc2c1. The smallest absolute Gasteiger partial charge is 0.0809 e. The van der Waals surface area contributed by atoms with Crippen molar-refractivity contribution in [3.63, 3.8) is 0 Å². The molecule has 2 unspecified atom stereocenters. The molecule has 1 aliphatic carbocycles. The highest BCUT2D eigenvalue weighted by molar-refractivity contribution is 7.17. The van der Waals surface area contributed by atoms with Gasteiger partial charge >= 0.3 is 0 Å². The Hall–Kier alpha value is -1.23. The molecule has 3 aromatic rings. The normalized spacial score (nSPS) is 19.6. The molecule has 3 heterocycles. The van der Waals surface area contributed by atoms with Crippen LogP contribution >= 0.6 is 22.7 Å². The van der Waals surface area contributed by atoms with E-state index in [1.165, 1.54) is 35.1 Å². The van der Waals surface area contributed by atoms with E-state index in [-0.39, 0.29) is 0 Å². The van der Waals surface area contributed by atoms with Crippen LogP contribution < -0.4 is 5.32 Å². The molecule has 4 heteroatoms. The summed E-state index contributed by atoms with van der Waals surface area (Å²) >= 11 is 3.67. The second kappa shape index (κ2) is 5.52. The summed E-state index contributed by atoms with van der Waals surface area (Å²) in [4.78, 5) is 6.13. The number of hydrogen-bond acceptors (Lipinski definition) is 4. The first-order valence-corrected chi connectivity index (χ1v) is 9.22. The van der Waals surface area contributed by atoms with Gasteiger partial charge in [-0.15, -0.1) is 22.7 Å². The van der Waals surface area contributed by atoms with Crippen LogP contribution in [0.15, 0.2) is 35.2 Å². The molecule has 0 saturated carbocycles. The number of aryl methyl sites for hydroxylation is 1. The van der Waals surface area contributed by atoms with E-state index >= 15 is 0 Å². The van der Waals surface area contributed by atoms with E-state index in [9.17, 15) is 0 Å². The number of fused-ring (bicyclic) bond motifs is 2. The topological polar surface area (TPSA) is 24.9 Å². The second-order valence-corrected chi connectivity index (χ2v) is 7.65. The lowest BCUT2D eigenvalue weighted by Crippen LogP contribution is -2.27. The van der Waals surface area contributed by atoms with Crippen LogP contribution in [0, 0.1) is 0 Å². The van der Waals surface area contributed by atoms with Crippen LogP contribution in [0.3, 0.4) is 0 Å². The monoisotopic (exact) mass is 314 g/mol. The summed E-state index contributed by atoms with van der Waals surface area (Å²) in [5.74, 6) is 0. The van der Waals surface area contributed by atoms with Crippen LogP contribution in [0.25, 0.3) is 10.2 Å². The molecule has 0 amide bonds. The summed E-state index contributed by atoms with van der Waals surface area (Å²) in [5, 5.41) is 8.15. The molecular formula is C17H18N2S2. The van der Waals surface area contributed by atoms with Gasteiger partial charge in [0.1, 0.15) is 0 Å². The summed E-state index contributed by atoms with van der Waals surface area (Å²) in [6.07, 6.45) is 5.80. The zero-order chi connectivity index (χ0) is 14.2. The lowest BCUT2D eigenvalue weighted by Gasteiger charge is -2.27. The fourth-order valence-electron chi connectivity index (χ4n) is 3.16. The van der Waals surface area contributed by atoms with Crippen LogP contribution in [0.2, 0.25) is 0 Å². The summed E-state index contributed by atoms with van der Waals surface area (Å²) in [6.45, 7) is 2.25. The molecule has 0 spiro atoms. The van der Waals surface area contributed by atoms with Crippen molar-refractivity contribution in [3.8, 4) is 0 Å². The molecule has 1 aliphatic rings. The van der Waals surface area contributed by atoms with Crippen LogP contribution in [0.1, 0.15) is 47.9 Å². The van der Waals surface area contributed by atoms with Gasteiger partial charge in [0.05, 0.1) is 10.2 Å². The van der Waals surface area contributed by atoms with Crippen molar-refractivity contribution in [3.05, 3.63) is 51.2 Å². The van der Waals surface area contributed by atoms with E-state index in [1.54, 1.807) is 16.2 Å². The number of thiophene rings is 2. The molecule has 0 bridgehead atoms. The van der Waals surface area contributed by atoms with Crippen molar-refractivity contribution >= 4 is 32.9 Å². The van der Waals surface area contributed by atoms with Crippen LogP contribution in [-0.2, 0) is 6.42 Å². The molecule has 0 saturated heterocycles. The minimum Gasteiger partial charge on any atom is -0.303 e. The van der Waals surface area contributed by atoms with Gasteiger partial charge in [0.15, 0.2) is 0 Å². The highest BCUT2D eigenvalue weighted by Gasteiger charge is 2.22. The van der Waals surface area contributed by atoms with Crippen LogP contribution in [0.5, 0.6) is 0 Å². The average molecular weight is 314 g/mol. The van der Waals surface area contributed by atoms with Gasteiger partial charge in [-0.3, -0.25) is 4.98 Å². The summed E-state index contributed by atoms with van der Waals surface area (Å²) < 4.78 is 1.28. The van der Waals surface area contributed by atoms with E-state index in [0.717, 1.165) is 5.52 Å². The Morgan fingerprint density at radius 2 is 2.19 bits per heavy atom. The van der Waals surface area contributed by atoms with Gasteiger partial charge in [0.25, 0.3) is 0 Å². The molecule has 4 rings (SSSR count). The predicted octanol–water partition coefficient (Wildman–Crippen LogP) is 5.09. The second-order valence-electron chi connectivity index (χ2n) is 5.70. The predicted molar refractivity (Wildman–Crippen MR) is 91.2 cm³/mol. The molecule has 3 aromatic heterocycles. The van der Waals surface area contributed by atoms with Crippen LogP contribution in [-0.4, -0.2) is 4.98 Å². The number of pyridine rings is 1. The molecule has 1 N–H and O–H groups in total. The molecule has 0 radical (unpaired) electrons. The number of nitrogens with one attached hydrogen (secondary N) is 1. The summed E-state index contributed by atoms with van der Waals surface area (Å²) in [7, 11) is 0. The Morgan fingerprint density at radius 1 is 1.29 bits per heavy atom. The highest BCUT2D eigenvalue weighted by atomic mass is 32.1. The van der Waals surface area contributed by atoms with Crippen molar-refractivity contribution in [2.75, 3.05) is 0 Å². The zero-order valence-electron chi connectivity index (χ0n) is 12.0. The molecule has 21 heavy (non-hydrogen) atoms. The minimum absolute atomic E-state index is 0.333. The van der Waals surface area contributed by atoms with E-state index < -0.39 is 0 Å². The van der Waals surface area contributed by atoms with E-state index in [1.807, 2.05) is 17.5 Å². The molecule has 0 aliphatic heterocycles. The third-order valence-electron chi connectivity index (χ3n) is 4.33. The van der Waals surface area contributed by atoms with Gasteiger partial charge in [-0.2, -0.15) is 0 Å². The highest BCUT2D eigenvalue weighted by Crippen LogP contribution is 2.35. The first kappa shape index (κ1) is 13.4. The Balaban J connectivity index is 1.57. The van der Waals surface area contributed by atoms with Gasteiger partial charge in [-0.25, -0.2) is 0 Å². The Bertz CT molecular complexity index is 759. The zero-order valence-corrected chi connectivity index (χ0v) is 13.6. The largest absolute Gasteiger partial charge is 0.303 e. The number of hydrogen-bond donors (Lipinski definition) is 1. The van der Waals surface area contributed by atoms with Crippen molar-refractivity contribution < 1.29 is 0 Å². The molecule has 0 aromatic carbocycles. The number of rotatable bonds is 3. The Morgan fingerprint density at radius 3 is 3.14 bits per heavy atom. The quantitative estimate of drug-likeness (QED) is 0.728. The van der Waals surface area contributed by atoms with E-state index in [2.05, 4.69) is 46.2 Å². The molecular weight excluding hydrogens is 296 g/mol. The maximum atomic E-state index is 4.56. The van der Waals surface area contributed by atoms with Crippen molar-refractivity contribution in [1.82, 2.24) is 10.3 Å². The Kier molecular flexibility index (Phi) is 3.53. The first-order valence-electron chi connectivity index (χ1n) is 7.47. The minimum atomic E-state index is 0.333. The van der Waals surface area contributed by atoms with Gasteiger partial charge in [0.2, 0.25) is 0 Å². The van der Waals surface area contributed by atoms with Gasteiger partial charge in [-0.05, 0) is 66.3 Å². The third kappa shape index (κ3) is 2.52. The van der Waals surface area contributed by atoms with Crippen molar-refractivity contribution in [2.45, 2.75) is 38.3 Å². The fourth-order valence-corrected chi connectivity index (χ4v) is 4.93. The number of nitrogens with zero attached hydrogens (tertiary/aromatic N) is 1.